The van der Waals surface area contributed by atoms with Crippen LogP contribution in [0.2, 0.25) is 0 Å². The molecule has 0 bridgehead atoms. The number of hydrogen-bond donors (Lipinski definition) is 0. The highest BCUT2D eigenvalue weighted by atomic mass is 16.3. The molecule has 0 aliphatic heterocycles. The van der Waals surface area contributed by atoms with Crippen molar-refractivity contribution in [2.75, 3.05) is 0 Å². The zero-order valence-corrected chi connectivity index (χ0v) is 11.4. The minimum atomic E-state index is -1.50. The normalized spacial score (nSPS) is 22.3. The third-order valence-electron chi connectivity index (χ3n) is 3.96. The Kier molecular flexibility index (Phi) is 3.29. The number of hydrogen-bond acceptors (Lipinski definition) is 4. The van der Waals surface area contributed by atoms with Gasteiger partial charge in [-0.3, -0.25) is 14.4 Å². The minimum Gasteiger partial charge on any atom is -0.468 e. The summed E-state index contributed by atoms with van der Waals surface area (Å²) in [7, 11) is 0. The van der Waals surface area contributed by atoms with Gasteiger partial charge in [0.2, 0.25) is 5.78 Å². The quantitative estimate of drug-likeness (QED) is 0.493. The van der Waals surface area contributed by atoms with Gasteiger partial charge >= 0.3 is 0 Å². The number of carbonyl (C=O) groups excluding carboxylic acids is 3. The lowest BCUT2D eigenvalue weighted by molar-refractivity contribution is -0.141. The van der Waals surface area contributed by atoms with Gasteiger partial charge < -0.3 is 4.42 Å². The van der Waals surface area contributed by atoms with Crippen LogP contribution < -0.4 is 0 Å². The summed E-state index contributed by atoms with van der Waals surface area (Å²) in [5.41, 5.74) is -1.09. The van der Waals surface area contributed by atoms with Crippen LogP contribution in [0.15, 0.2) is 53.1 Å². The fourth-order valence-electron chi connectivity index (χ4n) is 2.90. The van der Waals surface area contributed by atoms with Gasteiger partial charge in [0.1, 0.15) is 5.76 Å². The number of ketones is 3. The largest absolute Gasteiger partial charge is 0.468 e. The van der Waals surface area contributed by atoms with Gasteiger partial charge in [-0.25, -0.2) is 0 Å². The SMILES string of the molecule is O=C1CCCC(C(=O)c2ccccc2)(c2ccco2)C1=O. The highest BCUT2D eigenvalue weighted by molar-refractivity contribution is 6.46. The van der Waals surface area contributed by atoms with Crippen LogP contribution in [0.1, 0.15) is 35.4 Å². The van der Waals surface area contributed by atoms with Gasteiger partial charge in [-0.2, -0.15) is 0 Å². The fraction of sp³-hybridized carbons (Fsp3) is 0.235. The van der Waals surface area contributed by atoms with Crippen LogP contribution >= 0.6 is 0 Å². The first kappa shape index (κ1) is 13.5. The fourth-order valence-corrected chi connectivity index (χ4v) is 2.90. The lowest BCUT2D eigenvalue weighted by Crippen LogP contribution is -2.49. The van der Waals surface area contributed by atoms with E-state index in [1.54, 1.807) is 42.5 Å². The molecule has 106 valence electrons. The van der Waals surface area contributed by atoms with Gasteiger partial charge in [-0.1, -0.05) is 30.3 Å². The van der Waals surface area contributed by atoms with E-state index in [1.807, 2.05) is 0 Å². The Bertz CT molecular complexity index is 685. The standard InChI is InChI=1S/C17H14O4/c18-13-8-4-10-17(16(13)20,14-9-5-11-21-14)15(19)12-6-2-1-3-7-12/h1-3,5-7,9,11H,4,8,10H2. The number of furan rings is 1. The van der Waals surface area contributed by atoms with Gasteiger partial charge in [0.05, 0.1) is 6.26 Å². The predicted octanol–water partition coefficient (Wildman–Crippen LogP) is 2.72. The first-order chi connectivity index (χ1) is 10.2. The zero-order chi connectivity index (χ0) is 14.9. The molecule has 1 aliphatic rings. The van der Waals surface area contributed by atoms with Crippen LogP contribution in [0, 0.1) is 0 Å². The molecule has 1 saturated carbocycles. The summed E-state index contributed by atoms with van der Waals surface area (Å²) in [6, 6.07) is 11.8. The van der Waals surface area contributed by atoms with Gasteiger partial charge in [0.25, 0.3) is 0 Å². The lowest BCUT2D eigenvalue weighted by atomic mass is 9.66. The van der Waals surface area contributed by atoms with Gasteiger partial charge in [-0.15, -0.1) is 0 Å². The van der Waals surface area contributed by atoms with E-state index in [9.17, 15) is 14.4 Å². The molecule has 0 radical (unpaired) electrons. The molecule has 0 N–H and O–H groups in total. The molecule has 1 aromatic heterocycles. The van der Waals surface area contributed by atoms with Crippen molar-refractivity contribution in [3.05, 3.63) is 60.1 Å². The topological polar surface area (TPSA) is 64.3 Å². The number of benzene rings is 1. The Morgan fingerprint density at radius 2 is 1.81 bits per heavy atom. The first-order valence-electron chi connectivity index (χ1n) is 6.88. The highest BCUT2D eigenvalue weighted by Crippen LogP contribution is 2.38. The average Bonchev–Trinajstić information content (AvgIpc) is 3.05. The Balaban J connectivity index is 2.16. The van der Waals surface area contributed by atoms with E-state index in [4.69, 9.17) is 4.42 Å². The molecule has 1 atom stereocenters. The van der Waals surface area contributed by atoms with Crippen LogP contribution in [0.25, 0.3) is 0 Å². The van der Waals surface area contributed by atoms with Gasteiger partial charge in [-0.05, 0) is 25.0 Å². The molecule has 1 aromatic carbocycles. The Hall–Kier alpha value is -2.49. The molecule has 1 heterocycles. The number of Topliss-reactive ketones (excluding diaryl/α,β-unsaturated/α-hetero) is 3. The maximum Gasteiger partial charge on any atom is 0.219 e. The third-order valence-corrected chi connectivity index (χ3v) is 3.96. The number of carbonyl (C=O) groups is 3. The van der Waals surface area contributed by atoms with E-state index in [2.05, 4.69) is 0 Å². The van der Waals surface area contributed by atoms with E-state index in [0.29, 0.717) is 18.4 Å². The molecule has 0 amide bonds. The second-order valence-corrected chi connectivity index (χ2v) is 5.18. The Morgan fingerprint density at radius 3 is 2.48 bits per heavy atom. The second-order valence-electron chi connectivity index (χ2n) is 5.18. The van der Waals surface area contributed by atoms with Crippen LogP contribution in [0.4, 0.5) is 0 Å². The summed E-state index contributed by atoms with van der Waals surface area (Å²) in [5, 5.41) is 0. The first-order valence-corrected chi connectivity index (χ1v) is 6.88. The van der Waals surface area contributed by atoms with Crippen molar-refractivity contribution in [1.82, 2.24) is 0 Å². The monoisotopic (exact) mass is 282 g/mol. The van der Waals surface area contributed by atoms with E-state index in [0.717, 1.165) is 0 Å². The van der Waals surface area contributed by atoms with Crippen LogP contribution in [-0.4, -0.2) is 17.3 Å². The average molecular weight is 282 g/mol. The van der Waals surface area contributed by atoms with Crippen molar-refractivity contribution < 1.29 is 18.8 Å². The maximum atomic E-state index is 12.9. The number of rotatable bonds is 3. The Morgan fingerprint density at radius 1 is 1.05 bits per heavy atom. The molecular weight excluding hydrogens is 268 g/mol. The molecule has 4 heteroatoms. The summed E-state index contributed by atoms with van der Waals surface area (Å²) in [6.07, 6.45) is 2.42. The lowest BCUT2D eigenvalue weighted by Gasteiger charge is -2.31. The molecular formula is C17H14O4. The van der Waals surface area contributed by atoms with Crippen LogP contribution in [0.5, 0.6) is 0 Å². The summed E-state index contributed by atoms with van der Waals surface area (Å²) < 4.78 is 5.34. The molecule has 1 aliphatic carbocycles. The van der Waals surface area contributed by atoms with Crippen LogP contribution in [0.3, 0.4) is 0 Å². The van der Waals surface area contributed by atoms with Crippen molar-refractivity contribution in [2.45, 2.75) is 24.7 Å². The molecule has 2 aromatic rings. The van der Waals surface area contributed by atoms with Crippen molar-refractivity contribution >= 4 is 17.3 Å². The zero-order valence-electron chi connectivity index (χ0n) is 11.4. The van der Waals surface area contributed by atoms with E-state index >= 15 is 0 Å². The summed E-state index contributed by atoms with van der Waals surface area (Å²) in [5.74, 6) is -1.26. The van der Waals surface area contributed by atoms with Crippen molar-refractivity contribution in [1.29, 1.82) is 0 Å². The molecule has 1 fully saturated rings. The minimum absolute atomic E-state index is 0.198. The molecule has 0 saturated heterocycles. The summed E-state index contributed by atoms with van der Waals surface area (Å²) >= 11 is 0. The smallest absolute Gasteiger partial charge is 0.219 e. The Labute approximate surface area is 121 Å². The van der Waals surface area contributed by atoms with Crippen LogP contribution in [-0.2, 0) is 15.0 Å². The highest BCUT2D eigenvalue weighted by Gasteiger charge is 2.53. The molecule has 0 spiro atoms. The summed E-state index contributed by atoms with van der Waals surface area (Å²) in [4.78, 5) is 37.4. The van der Waals surface area contributed by atoms with Gasteiger partial charge in [0.15, 0.2) is 17.0 Å². The van der Waals surface area contributed by atoms with Crippen molar-refractivity contribution in [3.63, 3.8) is 0 Å². The second kappa shape index (κ2) is 5.13. The third kappa shape index (κ3) is 2.03. The van der Waals surface area contributed by atoms with Gasteiger partial charge in [0, 0.05) is 12.0 Å². The summed E-state index contributed by atoms with van der Waals surface area (Å²) in [6.45, 7) is 0. The van der Waals surface area contributed by atoms with E-state index in [1.165, 1.54) is 6.26 Å². The predicted molar refractivity (Wildman–Crippen MR) is 75.0 cm³/mol. The maximum absolute atomic E-state index is 12.9. The molecule has 3 rings (SSSR count). The van der Waals surface area contributed by atoms with E-state index < -0.39 is 17.0 Å². The van der Waals surface area contributed by atoms with Crippen molar-refractivity contribution in [2.24, 2.45) is 0 Å². The molecule has 21 heavy (non-hydrogen) atoms. The molecule has 1 unspecified atom stereocenters. The van der Waals surface area contributed by atoms with E-state index in [-0.39, 0.29) is 18.0 Å². The molecule has 4 nitrogen and oxygen atoms in total. The van der Waals surface area contributed by atoms with Crippen molar-refractivity contribution in [3.8, 4) is 0 Å².